The average molecular weight is 179 g/mol. The molecule has 13 heavy (non-hydrogen) atoms. The molecule has 4 heteroatoms. The SMILES string of the molecule is C=C(O)/C=C(\OO)c1cccnc1. The standard InChI is InChI=1S/C9H9NO3/c1-7(11)5-9(13-12)8-3-2-4-10-6-8/h2-6,11-12H,1H2/b9-5-. The van der Waals surface area contributed by atoms with Gasteiger partial charge >= 0.3 is 0 Å². The van der Waals surface area contributed by atoms with Crippen molar-refractivity contribution < 1.29 is 15.3 Å². The minimum atomic E-state index is -0.201. The number of nitrogens with zero attached hydrogens (tertiary/aromatic N) is 1. The van der Waals surface area contributed by atoms with Crippen LogP contribution in [0, 0.1) is 0 Å². The van der Waals surface area contributed by atoms with Gasteiger partial charge in [0.1, 0.15) is 5.76 Å². The van der Waals surface area contributed by atoms with Gasteiger partial charge in [0, 0.05) is 24.0 Å². The molecule has 0 bridgehead atoms. The minimum Gasteiger partial charge on any atom is -0.508 e. The van der Waals surface area contributed by atoms with Crippen molar-refractivity contribution in [2.45, 2.75) is 0 Å². The third-order valence-corrected chi connectivity index (χ3v) is 1.34. The molecule has 2 N–H and O–H groups in total. The topological polar surface area (TPSA) is 62.6 Å². The molecule has 0 aliphatic rings. The van der Waals surface area contributed by atoms with E-state index in [1.165, 1.54) is 12.3 Å². The number of hydrogen-bond acceptors (Lipinski definition) is 4. The van der Waals surface area contributed by atoms with Crippen LogP contribution in [0.25, 0.3) is 5.76 Å². The van der Waals surface area contributed by atoms with Crippen LogP contribution in [-0.2, 0) is 4.89 Å². The van der Waals surface area contributed by atoms with Gasteiger partial charge in [-0.25, -0.2) is 5.26 Å². The summed E-state index contributed by atoms with van der Waals surface area (Å²) >= 11 is 0. The van der Waals surface area contributed by atoms with Gasteiger partial charge in [-0.1, -0.05) is 6.58 Å². The number of aliphatic hydroxyl groups excluding tert-OH is 1. The van der Waals surface area contributed by atoms with E-state index in [9.17, 15) is 0 Å². The first-order valence-electron chi connectivity index (χ1n) is 3.55. The number of aromatic nitrogens is 1. The Kier molecular flexibility index (Phi) is 3.05. The second-order valence-corrected chi connectivity index (χ2v) is 2.33. The van der Waals surface area contributed by atoms with Crippen LogP contribution < -0.4 is 0 Å². The zero-order valence-corrected chi connectivity index (χ0v) is 6.84. The summed E-state index contributed by atoms with van der Waals surface area (Å²) in [5, 5.41) is 17.3. The van der Waals surface area contributed by atoms with Crippen LogP contribution in [-0.4, -0.2) is 15.3 Å². The van der Waals surface area contributed by atoms with Crippen LogP contribution in [0.1, 0.15) is 5.56 Å². The summed E-state index contributed by atoms with van der Waals surface area (Å²) in [7, 11) is 0. The van der Waals surface area contributed by atoms with Gasteiger partial charge < -0.3 is 9.99 Å². The maximum Gasteiger partial charge on any atom is 0.177 e. The summed E-state index contributed by atoms with van der Waals surface area (Å²) in [6.07, 6.45) is 4.27. The fourth-order valence-electron chi connectivity index (χ4n) is 0.822. The maximum absolute atomic E-state index is 8.83. The molecule has 1 rings (SSSR count). The van der Waals surface area contributed by atoms with E-state index in [-0.39, 0.29) is 11.5 Å². The zero-order valence-electron chi connectivity index (χ0n) is 6.84. The highest BCUT2D eigenvalue weighted by atomic mass is 17.1. The Morgan fingerprint density at radius 3 is 2.85 bits per heavy atom. The summed E-state index contributed by atoms with van der Waals surface area (Å²) in [4.78, 5) is 7.87. The zero-order chi connectivity index (χ0) is 9.68. The normalized spacial score (nSPS) is 11.0. The second-order valence-electron chi connectivity index (χ2n) is 2.33. The lowest BCUT2D eigenvalue weighted by atomic mass is 10.2. The van der Waals surface area contributed by atoms with E-state index in [1.807, 2.05) is 0 Å². The third kappa shape index (κ3) is 2.61. The Hall–Kier alpha value is -1.81. The molecular weight excluding hydrogens is 170 g/mol. The summed E-state index contributed by atoms with van der Waals surface area (Å²) in [6, 6.07) is 3.36. The first-order valence-corrected chi connectivity index (χ1v) is 3.55. The average Bonchev–Trinajstić information content (AvgIpc) is 2.15. The smallest absolute Gasteiger partial charge is 0.177 e. The highest BCUT2D eigenvalue weighted by molar-refractivity contribution is 5.60. The number of pyridine rings is 1. The van der Waals surface area contributed by atoms with Crippen LogP contribution in [0.15, 0.2) is 42.9 Å². The van der Waals surface area contributed by atoms with Crippen molar-refractivity contribution in [1.82, 2.24) is 4.98 Å². The molecular formula is C9H9NO3. The lowest BCUT2D eigenvalue weighted by Gasteiger charge is -2.01. The van der Waals surface area contributed by atoms with Gasteiger partial charge in [0.05, 0.1) is 0 Å². The highest BCUT2D eigenvalue weighted by Crippen LogP contribution is 2.14. The fraction of sp³-hybridized carbons (Fsp3) is 0. The van der Waals surface area contributed by atoms with E-state index >= 15 is 0 Å². The van der Waals surface area contributed by atoms with Crippen LogP contribution in [0.5, 0.6) is 0 Å². The molecule has 0 atom stereocenters. The lowest BCUT2D eigenvalue weighted by molar-refractivity contribution is -0.170. The van der Waals surface area contributed by atoms with Crippen molar-refractivity contribution >= 4 is 5.76 Å². The van der Waals surface area contributed by atoms with E-state index in [2.05, 4.69) is 16.5 Å². The van der Waals surface area contributed by atoms with Crippen molar-refractivity contribution in [3.8, 4) is 0 Å². The van der Waals surface area contributed by atoms with Gasteiger partial charge in [-0.05, 0) is 12.1 Å². The lowest BCUT2D eigenvalue weighted by Crippen LogP contribution is -1.89. The van der Waals surface area contributed by atoms with E-state index in [4.69, 9.17) is 10.4 Å². The molecule has 68 valence electrons. The van der Waals surface area contributed by atoms with Gasteiger partial charge in [-0.2, -0.15) is 0 Å². The van der Waals surface area contributed by atoms with Crippen molar-refractivity contribution in [2.24, 2.45) is 0 Å². The number of rotatable bonds is 3. The molecule has 0 aliphatic carbocycles. The first-order chi connectivity index (χ1) is 6.24. The van der Waals surface area contributed by atoms with E-state index in [0.29, 0.717) is 5.56 Å². The van der Waals surface area contributed by atoms with Crippen molar-refractivity contribution in [3.63, 3.8) is 0 Å². The molecule has 1 heterocycles. The summed E-state index contributed by atoms with van der Waals surface area (Å²) in [6.45, 7) is 3.24. The molecule has 0 fully saturated rings. The van der Waals surface area contributed by atoms with Crippen LogP contribution in [0.3, 0.4) is 0 Å². The largest absolute Gasteiger partial charge is 0.508 e. The van der Waals surface area contributed by atoms with Crippen LogP contribution >= 0.6 is 0 Å². The predicted octanol–water partition coefficient (Wildman–Crippen LogP) is 1.98. The second kappa shape index (κ2) is 4.27. The highest BCUT2D eigenvalue weighted by Gasteiger charge is 2.02. The maximum atomic E-state index is 8.83. The summed E-state index contributed by atoms with van der Waals surface area (Å²) in [5.41, 5.74) is 0.556. The van der Waals surface area contributed by atoms with E-state index in [0.717, 1.165) is 0 Å². The number of allylic oxidation sites excluding steroid dienone is 1. The van der Waals surface area contributed by atoms with Gasteiger partial charge in [0.2, 0.25) is 0 Å². The fourth-order valence-corrected chi connectivity index (χ4v) is 0.822. The van der Waals surface area contributed by atoms with Gasteiger partial charge in [-0.15, -0.1) is 0 Å². The molecule has 0 aliphatic heterocycles. The quantitative estimate of drug-likeness (QED) is 0.322. The van der Waals surface area contributed by atoms with Crippen LogP contribution in [0.2, 0.25) is 0 Å². The number of hydrogen-bond donors (Lipinski definition) is 2. The van der Waals surface area contributed by atoms with Crippen molar-refractivity contribution in [3.05, 3.63) is 48.5 Å². The Morgan fingerprint density at radius 1 is 1.62 bits per heavy atom. The molecule has 0 amide bonds. The first kappa shape index (κ1) is 9.28. The Balaban J connectivity index is 2.98. The Labute approximate surface area is 75.4 Å². The monoisotopic (exact) mass is 179 g/mol. The Morgan fingerprint density at radius 2 is 2.38 bits per heavy atom. The number of aliphatic hydroxyl groups is 1. The van der Waals surface area contributed by atoms with Crippen molar-refractivity contribution in [2.75, 3.05) is 0 Å². The molecule has 0 unspecified atom stereocenters. The summed E-state index contributed by atoms with van der Waals surface area (Å²) in [5.74, 6) is -0.103. The van der Waals surface area contributed by atoms with Gasteiger partial charge in [0.15, 0.2) is 5.76 Å². The molecule has 1 aromatic heterocycles. The third-order valence-electron chi connectivity index (χ3n) is 1.34. The van der Waals surface area contributed by atoms with Gasteiger partial charge in [-0.3, -0.25) is 4.98 Å². The Bertz CT molecular complexity index is 319. The van der Waals surface area contributed by atoms with E-state index < -0.39 is 0 Å². The molecule has 0 spiro atoms. The molecule has 1 aromatic rings. The molecule has 0 radical (unpaired) electrons. The molecule has 0 saturated heterocycles. The van der Waals surface area contributed by atoms with E-state index in [1.54, 1.807) is 18.3 Å². The molecule has 0 saturated carbocycles. The molecule has 0 aromatic carbocycles. The minimum absolute atomic E-state index is 0.0978. The van der Waals surface area contributed by atoms with Crippen LogP contribution in [0.4, 0.5) is 0 Å². The van der Waals surface area contributed by atoms with Gasteiger partial charge in [0.25, 0.3) is 0 Å². The predicted molar refractivity (Wildman–Crippen MR) is 47.7 cm³/mol. The molecule has 4 nitrogen and oxygen atoms in total. The van der Waals surface area contributed by atoms with Crippen molar-refractivity contribution in [1.29, 1.82) is 0 Å². The summed E-state index contributed by atoms with van der Waals surface area (Å²) < 4.78 is 0.